The van der Waals surface area contributed by atoms with Crippen LogP contribution in [0.3, 0.4) is 0 Å². The number of anilines is 2. The molecule has 0 saturated carbocycles. The van der Waals surface area contributed by atoms with E-state index in [1.165, 1.54) is 13.2 Å². The zero-order chi connectivity index (χ0) is 13.1. The zero-order valence-electron chi connectivity index (χ0n) is 9.32. The molecule has 0 bridgehead atoms. The molecule has 0 aliphatic carbocycles. The molecule has 0 atom stereocenters. The minimum Gasteiger partial charge on any atom is -0.504 e. The first-order valence-electron chi connectivity index (χ1n) is 4.92. The normalized spacial score (nSPS) is 10.2. The Morgan fingerprint density at radius 1 is 1.44 bits per heavy atom. The van der Waals surface area contributed by atoms with Crippen LogP contribution in [0, 0.1) is 5.82 Å². The van der Waals surface area contributed by atoms with Gasteiger partial charge in [0, 0.05) is 11.8 Å². The van der Waals surface area contributed by atoms with Crippen LogP contribution in [0.25, 0.3) is 0 Å². The van der Waals surface area contributed by atoms with Gasteiger partial charge in [0.15, 0.2) is 23.1 Å². The van der Waals surface area contributed by atoms with E-state index < -0.39 is 5.82 Å². The number of hydrogen-bond acceptors (Lipinski definition) is 5. The van der Waals surface area contributed by atoms with E-state index in [0.29, 0.717) is 11.4 Å². The van der Waals surface area contributed by atoms with Crippen LogP contribution in [0.2, 0.25) is 5.28 Å². The zero-order valence-corrected chi connectivity index (χ0v) is 10.1. The SMILES string of the molecule is COc1ccc(Nc2nc(Cl)ncc2F)cc1O. The van der Waals surface area contributed by atoms with Crippen molar-refractivity contribution in [3.63, 3.8) is 0 Å². The molecule has 0 aliphatic heterocycles. The lowest BCUT2D eigenvalue weighted by Gasteiger charge is -2.08. The second-order valence-corrected chi connectivity index (χ2v) is 3.69. The van der Waals surface area contributed by atoms with E-state index in [1.54, 1.807) is 12.1 Å². The van der Waals surface area contributed by atoms with Gasteiger partial charge in [-0.05, 0) is 23.7 Å². The first-order valence-corrected chi connectivity index (χ1v) is 5.30. The summed E-state index contributed by atoms with van der Waals surface area (Å²) in [6, 6.07) is 4.53. The molecule has 1 aromatic carbocycles. The highest BCUT2D eigenvalue weighted by Crippen LogP contribution is 2.30. The van der Waals surface area contributed by atoms with Crippen LogP contribution in [-0.4, -0.2) is 22.2 Å². The molecule has 0 saturated heterocycles. The maximum atomic E-state index is 13.4. The van der Waals surface area contributed by atoms with E-state index in [-0.39, 0.29) is 16.9 Å². The van der Waals surface area contributed by atoms with Crippen molar-refractivity contribution >= 4 is 23.1 Å². The van der Waals surface area contributed by atoms with Crippen LogP contribution in [0.5, 0.6) is 11.5 Å². The van der Waals surface area contributed by atoms with Crippen LogP contribution in [0.1, 0.15) is 0 Å². The number of ether oxygens (including phenoxy) is 1. The van der Waals surface area contributed by atoms with Gasteiger partial charge in [0.2, 0.25) is 5.28 Å². The molecule has 0 spiro atoms. The van der Waals surface area contributed by atoms with E-state index in [9.17, 15) is 9.50 Å². The highest BCUT2D eigenvalue weighted by molar-refractivity contribution is 6.28. The fraction of sp³-hybridized carbons (Fsp3) is 0.0909. The largest absolute Gasteiger partial charge is 0.504 e. The van der Waals surface area contributed by atoms with Gasteiger partial charge < -0.3 is 15.2 Å². The summed E-state index contributed by atoms with van der Waals surface area (Å²) in [5, 5.41) is 12.2. The number of aromatic nitrogens is 2. The van der Waals surface area contributed by atoms with Gasteiger partial charge in [-0.3, -0.25) is 0 Å². The van der Waals surface area contributed by atoms with Gasteiger partial charge in [0.25, 0.3) is 0 Å². The Morgan fingerprint density at radius 3 is 2.89 bits per heavy atom. The number of nitrogens with one attached hydrogen (secondary N) is 1. The Kier molecular flexibility index (Phi) is 3.47. The minimum absolute atomic E-state index is 0.0666. The lowest BCUT2D eigenvalue weighted by Crippen LogP contribution is -1.99. The van der Waals surface area contributed by atoms with Gasteiger partial charge in [-0.25, -0.2) is 9.37 Å². The van der Waals surface area contributed by atoms with Crippen LogP contribution in [0.15, 0.2) is 24.4 Å². The lowest BCUT2D eigenvalue weighted by molar-refractivity contribution is 0.373. The van der Waals surface area contributed by atoms with Gasteiger partial charge >= 0.3 is 0 Å². The van der Waals surface area contributed by atoms with Crippen LogP contribution in [0.4, 0.5) is 15.9 Å². The van der Waals surface area contributed by atoms with E-state index in [1.807, 2.05) is 0 Å². The number of rotatable bonds is 3. The predicted molar refractivity (Wildman–Crippen MR) is 64.9 cm³/mol. The Bertz CT molecular complexity index is 580. The quantitative estimate of drug-likeness (QED) is 0.839. The molecule has 7 heteroatoms. The molecule has 0 aliphatic rings. The fourth-order valence-corrected chi connectivity index (χ4v) is 1.47. The van der Waals surface area contributed by atoms with Gasteiger partial charge in [0.05, 0.1) is 13.3 Å². The van der Waals surface area contributed by atoms with Crippen LogP contribution < -0.4 is 10.1 Å². The first-order chi connectivity index (χ1) is 8.60. The van der Waals surface area contributed by atoms with Crippen molar-refractivity contribution in [3.05, 3.63) is 35.5 Å². The Labute approximate surface area is 107 Å². The van der Waals surface area contributed by atoms with Gasteiger partial charge in [0.1, 0.15) is 0 Å². The molecule has 2 N–H and O–H groups in total. The topological polar surface area (TPSA) is 67.3 Å². The number of hydrogen-bond donors (Lipinski definition) is 2. The van der Waals surface area contributed by atoms with Crippen molar-refractivity contribution in [3.8, 4) is 11.5 Å². The molecule has 1 heterocycles. The summed E-state index contributed by atoms with van der Waals surface area (Å²) in [6.07, 6.45) is 0.959. The van der Waals surface area contributed by atoms with Gasteiger partial charge in [-0.15, -0.1) is 0 Å². The molecule has 94 valence electrons. The summed E-state index contributed by atoms with van der Waals surface area (Å²) in [7, 11) is 1.44. The molecule has 0 fully saturated rings. The predicted octanol–water partition coefficient (Wildman–Crippen LogP) is 2.73. The van der Waals surface area contributed by atoms with E-state index in [0.717, 1.165) is 6.20 Å². The third-order valence-electron chi connectivity index (χ3n) is 2.16. The van der Waals surface area contributed by atoms with Crippen LogP contribution >= 0.6 is 11.6 Å². The van der Waals surface area contributed by atoms with Crippen molar-refractivity contribution in [2.75, 3.05) is 12.4 Å². The average Bonchev–Trinajstić information content (AvgIpc) is 2.34. The first kappa shape index (κ1) is 12.4. The smallest absolute Gasteiger partial charge is 0.224 e. The van der Waals surface area contributed by atoms with Gasteiger partial charge in [-0.2, -0.15) is 4.98 Å². The Morgan fingerprint density at radius 2 is 2.22 bits per heavy atom. The van der Waals surface area contributed by atoms with Crippen molar-refractivity contribution in [2.24, 2.45) is 0 Å². The summed E-state index contributed by atoms with van der Waals surface area (Å²) < 4.78 is 18.3. The molecular formula is C11H9ClFN3O2. The standard InChI is InChI=1S/C11H9ClFN3O2/c1-18-9-3-2-6(4-8(9)17)15-10-7(13)5-14-11(12)16-10/h2-5,17H,1H3,(H,14,15,16). The van der Waals surface area contributed by atoms with E-state index >= 15 is 0 Å². The number of benzene rings is 1. The molecule has 0 unspecified atom stereocenters. The molecular weight excluding hydrogens is 261 g/mol. The second kappa shape index (κ2) is 5.05. The average molecular weight is 270 g/mol. The Balaban J connectivity index is 2.28. The third kappa shape index (κ3) is 2.60. The molecule has 5 nitrogen and oxygen atoms in total. The molecule has 1 aromatic heterocycles. The van der Waals surface area contributed by atoms with Crippen molar-refractivity contribution in [1.82, 2.24) is 9.97 Å². The maximum absolute atomic E-state index is 13.4. The second-order valence-electron chi connectivity index (χ2n) is 3.35. The number of phenolic OH excluding ortho intramolecular Hbond substituents is 1. The number of aromatic hydroxyl groups is 1. The number of nitrogens with zero attached hydrogens (tertiary/aromatic N) is 2. The number of methoxy groups -OCH3 is 1. The molecule has 2 rings (SSSR count). The lowest BCUT2D eigenvalue weighted by atomic mass is 10.2. The maximum Gasteiger partial charge on any atom is 0.224 e. The summed E-state index contributed by atoms with van der Waals surface area (Å²) in [4.78, 5) is 7.19. The summed E-state index contributed by atoms with van der Waals surface area (Å²) >= 11 is 5.56. The molecule has 0 radical (unpaired) electrons. The monoisotopic (exact) mass is 269 g/mol. The third-order valence-corrected chi connectivity index (χ3v) is 2.34. The van der Waals surface area contributed by atoms with E-state index in [2.05, 4.69) is 15.3 Å². The highest BCUT2D eigenvalue weighted by atomic mass is 35.5. The molecule has 0 amide bonds. The number of phenols is 1. The van der Waals surface area contributed by atoms with Crippen LogP contribution in [-0.2, 0) is 0 Å². The highest BCUT2D eigenvalue weighted by Gasteiger charge is 2.08. The van der Waals surface area contributed by atoms with E-state index in [4.69, 9.17) is 16.3 Å². The minimum atomic E-state index is -0.644. The summed E-state index contributed by atoms with van der Waals surface area (Å²) in [5.74, 6) is -0.459. The Hall–Kier alpha value is -2.08. The van der Waals surface area contributed by atoms with Crippen molar-refractivity contribution in [1.29, 1.82) is 0 Å². The summed E-state index contributed by atoms with van der Waals surface area (Å²) in [6.45, 7) is 0. The van der Waals surface area contributed by atoms with Crippen molar-refractivity contribution < 1.29 is 14.2 Å². The number of halogens is 2. The summed E-state index contributed by atoms with van der Waals surface area (Å²) in [5.41, 5.74) is 0.446. The molecule has 18 heavy (non-hydrogen) atoms. The van der Waals surface area contributed by atoms with Gasteiger partial charge in [-0.1, -0.05) is 0 Å². The fourth-order valence-electron chi connectivity index (χ4n) is 1.34. The molecule has 2 aromatic rings. The van der Waals surface area contributed by atoms with Crippen molar-refractivity contribution in [2.45, 2.75) is 0 Å².